The van der Waals surface area contributed by atoms with Crippen LogP contribution in [0.1, 0.15) is 40.4 Å². The Morgan fingerprint density at radius 1 is 1.21 bits per heavy atom. The molecule has 3 fully saturated rings. The lowest BCUT2D eigenvalue weighted by Crippen LogP contribution is -2.35. The molecule has 0 saturated carbocycles. The molecule has 1 aromatic rings. The normalized spacial score (nSPS) is 29.7. The quantitative estimate of drug-likeness (QED) is 0.835. The zero-order valence-corrected chi connectivity index (χ0v) is 14.1. The second kappa shape index (κ2) is 6.33. The Bertz CT molecular complexity index is 681. The minimum Gasteiger partial charge on any atom is -0.427 e. The van der Waals surface area contributed by atoms with E-state index in [1.807, 2.05) is 17.9 Å². The first kappa shape index (κ1) is 15.8. The van der Waals surface area contributed by atoms with E-state index in [9.17, 15) is 9.59 Å². The Labute approximate surface area is 141 Å². The first-order chi connectivity index (χ1) is 11.6. The summed E-state index contributed by atoms with van der Waals surface area (Å²) in [7, 11) is 0. The highest BCUT2D eigenvalue weighted by Crippen LogP contribution is 2.28. The fraction of sp³-hybridized carbons (Fsp3) is 0.667. The Hall–Kier alpha value is -1.66. The van der Waals surface area contributed by atoms with Crippen molar-refractivity contribution in [2.75, 3.05) is 39.3 Å². The predicted molar refractivity (Wildman–Crippen MR) is 90.3 cm³/mol. The largest absolute Gasteiger partial charge is 0.427 e. The molecule has 3 saturated heterocycles. The van der Waals surface area contributed by atoms with E-state index in [0.717, 1.165) is 57.7 Å². The van der Waals surface area contributed by atoms with Gasteiger partial charge < -0.3 is 20.0 Å². The number of hydrogen-bond donors (Lipinski definition) is 2. The van der Waals surface area contributed by atoms with Gasteiger partial charge in [-0.05, 0) is 49.8 Å². The topological polar surface area (TPSA) is 74.6 Å². The van der Waals surface area contributed by atoms with Crippen molar-refractivity contribution in [2.45, 2.75) is 25.7 Å². The van der Waals surface area contributed by atoms with Gasteiger partial charge in [-0.3, -0.25) is 4.79 Å². The highest BCUT2D eigenvalue weighted by Gasteiger charge is 2.39. The lowest BCUT2D eigenvalue weighted by molar-refractivity contribution is 0.0775. The van der Waals surface area contributed by atoms with Crippen LogP contribution in [0.2, 0.25) is 0 Å². The zero-order chi connectivity index (χ0) is 16.7. The lowest BCUT2D eigenvalue weighted by atomic mass is 9.95. The van der Waals surface area contributed by atoms with Gasteiger partial charge in [0.2, 0.25) is 0 Å². The molecule has 3 aliphatic heterocycles. The number of carbonyl (C=O) groups is 1. The van der Waals surface area contributed by atoms with Crippen LogP contribution in [-0.2, 0) is 0 Å². The summed E-state index contributed by atoms with van der Waals surface area (Å²) in [5.41, 5.74) is 0.484. The summed E-state index contributed by atoms with van der Waals surface area (Å²) in [6.45, 7) is 7.11. The summed E-state index contributed by atoms with van der Waals surface area (Å²) in [4.78, 5) is 27.2. The number of aryl methyl sites for hydroxylation is 1. The third-order valence-electron chi connectivity index (χ3n) is 5.76. The molecule has 0 aromatic carbocycles. The summed E-state index contributed by atoms with van der Waals surface area (Å²) < 4.78 is 5.55. The highest BCUT2D eigenvalue weighted by molar-refractivity contribution is 5.95. The van der Waals surface area contributed by atoms with Gasteiger partial charge in [-0.25, -0.2) is 4.79 Å². The van der Waals surface area contributed by atoms with E-state index < -0.39 is 5.63 Å². The third kappa shape index (κ3) is 2.78. The summed E-state index contributed by atoms with van der Waals surface area (Å²) in [5.74, 6) is 1.82. The average molecular weight is 331 g/mol. The van der Waals surface area contributed by atoms with Crippen LogP contribution in [0.5, 0.6) is 0 Å². The van der Waals surface area contributed by atoms with Crippen molar-refractivity contribution in [3.63, 3.8) is 0 Å². The molecule has 4 heterocycles. The molecule has 6 heteroatoms. The van der Waals surface area contributed by atoms with Crippen LogP contribution < -0.4 is 16.3 Å². The van der Waals surface area contributed by atoms with E-state index in [1.54, 1.807) is 0 Å². The molecule has 0 bridgehead atoms. The molecule has 130 valence electrons. The highest BCUT2D eigenvalue weighted by atomic mass is 16.4. The molecule has 3 aliphatic rings. The van der Waals surface area contributed by atoms with E-state index in [2.05, 4.69) is 10.6 Å². The van der Waals surface area contributed by atoms with Gasteiger partial charge in [0, 0.05) is 38.6 Å². The summed E-state index contributed by atoms with van der Waals surface area (Å²) >= 11 is 0. The van der Waals surface area contributed by atoms with Crippen LogP contribution >= 0.6 is 0 Å². The SMILES string of the molecule is Cc1cc(C2CCCNC2)oc(=O)c1C(=O)N1C[C@H]2CNC[C@H]2C1. The minimum absolute atomic E-state index is 0.163. The van der Waals surface area contributed by atoms with Crippen LogP contribution in [-0.4, -0.2) is 50.1 Å². The second-order valence-corrected chi connectivity index (χ2v) is 7.43. The molecular formula is C18H25N3O3. The first-order valence-corrected chi connectivity index (χ1v) is 8.99. The van der Waals surface area contributed by atoms with Gasteiger partial charge in [-0.1, -0.05) is 0 Å². The second-order valence-electron chi connectivity index (χ2n) is 7.43. The number of amides is 1. The van der Waals surface area contributed by atoms with Crippen LogP contribution in [0.3, 0.4) is 0 Å². The monoisotopic (exact) mass is 331 g/mol. The third-order valence-corrected chi connectivity index (χ3v) is 5.76. The predicted octanol–water partition coefficient (Wildman–Crippen LogP) is 0.707. The fourth-order valence-electron chi connectivity index (χ4n) is 4.37. The molecule has 24 heavy (non-hydrogen) atoms. The number of piperidine rings is 1. The zero-order valence-electron chi connectivity index (χ0n) is 14.1. The van der Waals surface area contributed by atoms with Gasteiger partial charge in [0.15, 0.2) is 0 Å². The Morgan fingerprint density at radius 2 is 1.96 bits per heavy atom. The van der Waals surface area contributed by atoms with Crippen molar-refractivity contribution in [3.8, 4) is 0 Å². The van der Waals surface area contributed by atoms with Crippen molar-refractivity contribution in [1.29, 1.82) is 0 Å². The molecule has 0 aliphatic carbocycles. The average Bonchev–Trinajstić information content (AvgIpc) is 3.16. The summed E-state index contributed by atoms with van der Waals surface area (Å²) in [6, 6.07) is 1.89. The maximum atomic E-state index is 12.8. The molecule has 4 rings (SSSR count). The van der Waals surface area contributed by atoms with E-state index >= 15 is 0 Å². The molecule has 1 unspecified atom stereocenters. The maximum Gasteiger partial charge on any atom is 0.349 e. The van der Waals surface area contributed by atoms with Gasteiger partial charge >= 0.3 is 5.63 Å². The number of likely N-dealkylation sites (tertiary alicyclic amines) is 1. The van der Waals surface area contributed by atoms with Crippen LogP contribution in [0.25, 0.3) is 0 Å². The van der Waals surface area contributed by atoms with E-state index in [-0.39, 0.29) is 17.4 Å². The van der Waals surface area contributed by atoms with Gasteiger partial charge in [-0.2, -0.15) is 0 Å². The number of rotatable bonds is 2. The molecule has 1 amide bonds. The molecular weight excluding hydrogens is 306 g/mol. The van der Waals surface area contributed by atoms with Crippen LogP contribution in [0.4, 0.5) is 0 Å². The van der Waals surface area contributed by atoms with Crippen molar-refractivity contribution in [1.82, 2.24) is 15.5 Å². The number of hydrogen-bond acceptors (Lipinski definition) is 5. The molecule has 0 radical (unpaired) electrons. The van der Waals surface area contributed by atoms with Crippen molar-refractivity contribution >= 4 is 5.91 Å². The molecule has 3 atom stereocenters. The van der Waals surface area contributed by atoms with Gasteiger partial charge in [-0.15, -0.1) is 0 Å². The minimum atomic E-state index is -0.476. The number of nitrogens with one attached hydrogen (secondary N) is 2. The van der Waals surface area contributed by atoms with E-state index in [1.165, 1.54) is 0 Å². The van der Waals surface area contributed by atoms with Crippen molar-refractivity contribution < 1.29 is 9.21 Å². The number of carbonyl (C=O) groups excluding carboxylic acids is 1. The first-order valence-electron chi connectivity index (χ1n) is 8.99. The molecule has 2 N–H and O–H groups in total. The van der Waals surface area contributed by atoms with Gasteiger partial charge in [0.1, 0.15) is 11.3 Å². The fourth-order valence-corrected chi connectivity index (χ4v) is 4.37. The summed E-state index contributed by atoms with van der Waals surface area (Å²) in [6.07, 6.45) is 2.10. The standard InChI is InChI=1S/C18H25N3O3/c1-11-5-15(12-3-2-4-19-6-12)24-18(23)16(11)17(22)21-9-13-7-20-8-14(13)10-21/h5,12-14,19-20H,2-4,6-10H2,1H3/t12?,13-,14+. The molecule has 0 spiro atoms. The van der Waals surface area contributed by atoms with E-state index in [4.69, 9.17) is 4.42 Å². The summed E-state index contributed by atoms with van der Waals surface area (Å²) in [5, 5.41) is 6.70. The van der Waals surface area contributed by atoms with Crippen LogP contribution in [0, 0.1) is 18.8 Å². The van der Waals surface area contributed by atoms with E-state index in [0.29, 0.717) is 17.6 Å². The number of fused-ring (bicyclic) bond motifs is 1. The maximum absolute atomic E-state index is 12.8. The van der Waals surface area contributed by atoms with Crippen molar-refractivity contribution in [2.24, 2.45) is 11.8 Å². The Kier molecular flexibility index (Phi) is 4.18. The smallest absolute Gasteiger partial charge is 0.349 e. The Balaban J connectivity index is 1.57. The van der Waals surface area contributed by atoms with Gasteiger partial charge in [0.25, 0.3) is 5.91 Å². The Morgan fingerprint density at radius 3 is 2.58 bits per heavy atom. The van der Waals surface area contributed by atoms with Crippen molar-refractivity contribution in [3.05, 3.63) is 33.4 Å². The molecule has 1 aromatic heterocycles. The van der Waals surface area contributed by atoms with Gasteiger partial charge in [0.05, 0.1) is 0 Å². The lowest BCUT2D eigenvalue weighted by Gasteiger charge is -2.23. The van der Waals surface area contributed by atoms with Crippen LogP contribution in [0.15, 0.2) is 15.3 Å². The molecule has 6 nitrogen and oxygen atoms in total. The number of nitrogens with zero attached hydrogens (tertiary/aromatic N) is 1.